The highest BCUT2D eigenvalue weighted by Gasteiger charge is 2.49. The van der Waals surface area contributed by atoms with Crippen LogP contribution in [-0.4, -0.2) is 46.8 Å². The number of aryl methyl sites for hydroxylation is 2. The lowest BCUT2D eigenvalue weighted by atomic mass is 9.95. The first-order valence-electron chi connectivity index (χ1n) is 8.44. The summed E-state index contributed by atoms with van der Waals surface area (Å²) in [5.41, 5.74) is 3.94. The Hall–Kier alpha value is -2.68. The SMILES string of the molecule is Cc1nc2nc(C=C3C(=O)N4C(C(=O)O)=CSC34)nn2c2c1CCCC2. The fourth-order valence-corrected chi connectivity index (χ4v) is 4.89. The van der Waals surface area contributed by atoms with Crippen LogP contribution in [0.1, 0.15) is 35.6 Å². The molecule has 1 N–H and O–H groups in total. The van der Waals surface area contributed by atoms with Crippen molar-refractivity contribution >= 4 is 35.5 Å². The Labute approximate surface area is 152 Å². The summed E-state index contributed by atoms with van der Waals surface area (Å²) in [6, 6.07) is 0. The van der Waals surface area contributed by atoms with Gasteiger partial charge in [-0.3, -0.25) is 9.69 Å². The van der Waals surface area contributed by atoms with E-state index in [0.717, 1.165) is 37.1 Å². The van der Waals surface area contributed by atoms with Crippen molar-refractivity contribution in [1.29, 1.82) is 0 Å². The first-order chi connectivity index (χ1) is 12.5. The molecule has 1 unspecified atom stereocenters. The van der Waals surface area contributed by atoms with Crippen molar-refractivity contribution in [2.75, 3.05) is 0 Å². The van der Waals surface area contributed by atoms with E-state index < -0.39 is 5.97 Å². The van der Waals surface area contributed by atoms with Gasteiger partial charge >= 0.3 is 5.97 Å². The molecule has 5 rings (SSSR count). The molecule has 0 saturated carbocycles. The molecule has 2 aliphatic heterocycles. The van der Waals surface area contributed by atoms with Crippen molar-refractivity contribution in [2.45, 2.75) is 38.0 Å². The first-order valence-corrected chi connectivity index (χ1v) is 9.38. The second-order valence-corrected chi connectivity index (χ2v) is 7.54. The van der Waals surface area contributed by atoms with Crippen LogP contribution in [-0.2, 0) is 22.4 Å². The van der Waals surface area contributed by atoms with E-state index in [1.54, 1.807) is 10.6 Å². The zero-order valence-corrected chi connectivity index (χ0v) is 14.8. The Bertz CT molecular complexity index is 1050. The van der Waals surface area contributed by atoms with Gasteiger partial charge < -0.3 is 5.11 Å². The van der Waals surface area contributed by atoms with Crippen LogP contribution in [0, 0.1) is 6.92 Å². The number of rotatable bonds is 2. The number of nitrogens with zero attached hydrogens (tertiary/aromatic N) is 5. The second-order valence-electron chi connectivity index (χ2n) is 6.58. The van der Waals surface area contributed by atoms with E-state index in [1.165, 1.54) is 27.6 Å². The lowest BCUT2D eigenvalue weighted by molar-refractivity contribution is -0.141. The highest BCUT2D eigenvalue weighted by molar-refractivity contribution is 8.03. The van der Waals surface area contributed by atoms with Crippen LogP contribution in [0.15, 0.2) is 16.7 Å². The zero-order chi connectivity index (χ0) is 18.0. The average Bonchev–Trinajstić information content (AvgIpc) is 3.21. The maximum atomic E-state index is 12.3. The zero-order valence-electron chi connectivity index (χ0n) is 14.0. The quantitative estimate of drug-likeness (QED) is 0.633. The van der Waals surface area contributed by atoms with Gasteiger partial charge in [0.1, 0.15) is 11.1 Å². The molecular weight excluding hydrogens is 354 g/mol. The van der Waals surface area contributed by atoms with Crippen LogP contribution in [0.5, 0.6) is 0 Å². The van der Waals surface area contributed by atoms with E-state index in [2.05, 4.69) is 15.1 Å². The van der Waals surface area contributed by atoms with Crippen molar-refractivity contribution in [2.24, 2.45) is 0 Å². The number of fused-ring (bicyclic) bond motifs is 4. The van der Waals surface area contributed by atoms with E-state index in [9.17, 15) is 9.59 Å². The van der Waals surface area contributed by atoms with E-state index in [-0.39, 0.29) is 17.0 Å². The molecular formula is C17H15N5O3S. The Kier molecular flexibility index (Phi) is 3.24. The molecule has 1 atom stereocenters. The summed E-state index contributed by atoms with van der Waals surface area (Å²) in [7, 11) is 0. The Morgan fingerprint density at radius 3 is 2.96 bits per heavy atom. The summed E-state index contributed by atoms with van der Waals surface area (Å²) in [5, 5.41) is 14.9. The summed E-state index contributed by atoms with van der Waals surface area (Å²) in [5.74, 6) is -0.423. The van der Waals surface area contributed by atoms with Crippen molar-refractivity contribution < 1.29 is 14.7 Å². The molecule has 0 spiro atoms. The molecule has 8 nitrogen and oxygen atoms in total. The predicted octanol–water partition coefficient (Wildman–Crippen LogP) is 1.54. The third-order valence-electron chi connectivity index (χ3n) is 5.04. The van der Waals surface area contributed by atoms with Crippen LogP contribution < -0.4 is 0 Å². The lowest BCUT2D eigenvalue weighted by Crippen LogP contribution is -2.51. The largest absolute Gasteiger partial charge is 0.477 e. The van der Waals surface area contributed by atoms with Gasteiger partial charge in [-0.2, -0.15) is 4.98 Å². The van der Waals surface area contributed by atoms with Crippen molar-refractivity contribution in [3.8, 4) is 0 Å². The number of carbonyl (C=O) groups is 2. The maximum Gasteiger partial charge on any atom is 0.353 e. The molecule has 9 heteroatoms. The Morgan fingerprint density at radius 1 is 1.35 bits per heavy atom. The number of carbonyl (C=O) groups excluding carboxylic acids is 1. The predicted molar refractivity (Wildman–Crippen MR) is 94.1 cm³/mol. The average molecular weight is 369 g/mol. The van der Waals surface area contributed by atoms with Gasteiger partial charge in [0.05, 0.1) is 11.3 Å². The minimum absolute atomic E-state index is 0.0245. The Balaban J connectivity index is 1.53. The van der Waals surface area contributed by atoms with Gasteiger partial charge in [0.25, 0.3) is 11.7 Å². The molecule has 1 aliphatic carbocycles. The number of carboxylic acid groups (broad SMARTS) is 1. The van der Waals surface area contributed by atoms with Gasteiger partial charge in [-0.05, 0) is 44.2 Å². The second kappa shape index (κ2) is 5.41. The molecule has 0 radical (unpaired) electrons. The standard InChI is InChI=1S/C17H15N5O3S/c1-8-9-4-2-3-5-11(9)22-17(18-8)19-13(20-22)6-10-14(23)21-12(16(24)25)7-26-15(10)21/h6-7,15H,2-5H2,1H3,(H,24,25). The smallest absolute Gasteiger partial charge is 0.353 e. The van der Waals surface area contributed by atoms with Gasteiger partial charge in [0, 0.05) is 11.1 Å². The van der Waals surface area contributed by atoms with Gasteiger partial charge in [-0.1, -0.05) is 0 Å². The molecule has 1 fully saturated rings. The molecule has 4 heterocycles. The van der Waals surface area contributed by atoms with Crippen molar-refractivity contribution in [1.82, 2.24) is 24.5 Å². The van der Waals surface area contributed by atoms with Crippen LogP contribution in [0.4, 0.5) is 0 Å². The van der Waals surface area contributed by atoms with Crippen molar-refractivity contribution in [3.05, 3.63) is 39.5 Å². The minimum atomic E-state index is -1.09. The number of β-lactam (4-membered cyclic amide) rings is 1. The molecule has 1 saturated heterocycles. The summed E-state index contributed by atoms with van der Waals surface area (Å²) < 4.78 is 1.79. The molecule has 0 bridgehead atoms. The maximum absolute atomic E-state index is 12.3. The topological polar surface area (TPSA) is 101 Å². The summed E-state index contributed by atoms with van der Waals surface area (Å²) >= 11 is 1.31. The number of hydrogen-bond donors (Lipinski definition) is 1. The van der Waals surface area contributed by atoms with Crippen LogP contribution in [0.2, 0.25) is 0 Å². The molecule has 132 valence electrons. The van der Waals surface area contributed by atoms with E-state index >= 15 is 0 Å². The van der Waals surface area contributed by atoms with Crippen LogP contribution in [0.3, 0.4) is 0 Å². The van der Waals surface area contributed by atoms with E-state index in [1.807, 2.05) is 6.92 Å². The van der Waals surface area contributed by atoms with Crippen LogP contribution in [0.25, 0.3) is 11.9 Å². The van der Waals surface area contributed by atoms with Crippen LogP contribution >= 0.6 is 11.8 Å². The summed E-state index contributed by atoms with van der Waals surface area (Å²) in [6.45, 7) is 2.00. The van der Waals surface area contributed by atoms with Gasteiger partial charge in [-0.25, -0.2) is 14.3 Å². The monoisotopic (exact) mass is 369 g/mol. The normalized spacial score (nSPS) is 23.0. The molecule has 3 aliphatic rings. The number of carboxylic acids is 1. The lowest BCUT2D eigenvalue weighted by Gasteiger charge is -2.36. The van der Waals surface area contributed by atoms with Gasteiger partial charge in [-0.15, -0.1) is 16.9 Å². The molecule has 26 heavy (non-hydrogen) atoms. The van der Waals surface area contributed by atoms with Gasteiger partial charge in [0.15, 0.2) is 5.82 Å². The molecule has 2 aromatic rings. The highest BCUT2D eigenvalue weighted by Crippen LogP contribution is 2.44. The Morgan fingerprint density at radius 2 is 2.15 bits per heavy atom. The van der Waals surface area contributed by atoms with E-state index in [4.69, 9.17) is 5.11 Å². The summed E-state index contributed by atoms with van der Waals surface area (Å²) in [6.07, 6.45) is 5.89. The fraction of sp³-hybridized carbons (Fsp3) is 0.353. The number of thioether (sulfide) groups is 1. The molecule has 1 amide bonds. The number of hydrogen-bond acceptors (Lipinski definition) is 6. The first kappa shape index (κ1) is 15.6. The number of aromatic nitrogens is 4. The molecule has 2 aromatic heterocycles. The number of amides is 1. The third-order valence-corrected chi connectivity index (χ3v) is 6.13. The highest BCUT2D eigenvalue weighted by atomic mass is 32.2. The minimum Gasteiger partial charge on any atom is -0.477 e. The number of aliphatic carboxylic acids is 1. The fourth-order valence-electron chi connectivity index (χ4n) is 3.77. The van der Waals surface area contributed by atoms with Crippen molar-refractivity contribution in [3.63, 3.8) is 0 Å². The van der Waals surface area contributed by atoms with E-state index in [0.29, 0.717) is 17.2 Å². The van der Waals surface area contributed by atoms with Gasteiger partial charge in [0.2, 0.25) is 0 Å². The summed E-state index contributed by atoms with van der Waals surface area (Å²) in [4.78, 5) is 33.8. The molecule has 0 aromatic carbocycles. The third kappa shape index (κ3) is 2.06.